The van der Waals surface area contributed by atoms with Gasteiger partial charge in [0.1, 0.15) is 0 Å². The zero-order chi connectivity index (χ0) is 9.14. The predicted octanol–water partition coefficient (Wildman–Crippen LogP) is -1.64. The second-order valence-corrected chi connectivity index (χ2v) is 1.75. The summed E-state index contributed by atoms with van der Waals surface area (Å²) in [4.78, 5) is 42.8. The van der Waals surface area contributed by atoms with Gasteiger partial charge in [-0.15, -0.1) is 10.0 Å². The maximum absolute atomic E-state index is 10.5. The first-order valence-electron chi connectivity index (χ1n) is 2.72. The quantitative estimate of drug-likeness (QED) is 0.386. The summed E-state index contributed by atoms with van der Waals surface area (Å²) >= 11 is 0. The summed E-state index contributed by atoms with van der Waals surface area (Å²) in [5, 5.41) is 6.77. The van der Waals surface area contributed by atoms with E-state index in [-0.39, 0.29) is 0 Å². The van der Waals surface area contributed by atoms with E-state index in [1.165, 1.54) is 0 Å². The molecule has 0 aromatic carbocycles. The molecule has 0 aliphatic carbocycles. The van der Waals surface area contributed by atoms with Crippen molar-refractivity contribution in [2.24, 2.45) is 5.18 Å². The molecule has 0 aliphatic heterocycles. The SMILES string of the molecule is O=NC(=O)c1n[nH]c(=O)c(=O)[nH]1. The number of H-pyrrole nitrogens is 2. The highest BCUT2D eigenvalue weighted by molar-refractivity contribution is 5.90. The molecule has 0 bridgehead atoms. The van der Waals surface area contributed by atoms with Crippen LogP contribution in [-0.4, -0.2) is 21.1 Å². The third-order valence-electron chi connectivity index (χ3n) is 0.993. The summed E-state index contributed by atoms with van der Waals surface area (Å²) in [6.07, 6.45) is 0. The molecule has 0 fully saturated rings. The lowest BCUT2D eigenvalue weighted by atomic mass is 10.6. The van der Waals surface area contributed by atoms with Gasteiger partial charge in [0.2, 0.25) is 5.82 Å². The third kappa shape index (κ3) is 1.31. The fourth-order valence-corrected chi connectivity index (χ4v) is 0.494. The maximum atomic E-state index is 10.5. The first-order chi connectivity index (χ1) is 5.65. The molecule has 8 heteroatoms. The molecule has 1 rings (SSSR count). The Morgan fingerprint density at radius 1 is 1.33 bits per heavy atom. The van der Waals surface area contributed by atoms with Gasteiger partial charge in [0, 0.05) is 5.18 Å². The van der Waals surface area contributed by atoms with E-state index in [1.54, 1.807) is 10.1 Å². The average Bonchev–Trinajstić information content (AvgIpc) is 2.08. The fourth-order valence-electron chi connectivity index (χ4n) is 0.494. The molecule has 1 amide bonds. The molecule has 0 atom stereocenters. The topological polar surface area (TPSA) is 125 Å². The number of nitroso groups, excluding NO2 is 1. The van der Waals surface area contributed by atoms with Crippen LogP contribution in [0.5, 0.6) is 0 Å². The first kappa shape index (κ1) is 7.98. The normalized spacial score (nSPS) is 9.33. The van der Waals surface area contributed by atoms with E-state index >= 15 is 0 Å². The molecule has 0 spiro atoms. The molecular weight excluding hydrogens is 168 g/mol. The number of nitrogens with one attached hydrogen (secondary N) is 2. The van der Waals surface area contributed by atoms with Crippen LogP contribution in [0.4, 0.5) is 0 Å². The van der Waals surface area contributed by atoms with Gasteiger partial charge in [-0.05, 0) is 0 Å². The van der Waals surface area contributed by atoms with Crippen molar-refractivity contribution in [3.8, 4) is 0 Å². The highest BCUT2D eigenvalue weighted by Crippen LogP contribution is 1.83. The maximum Gasteiger partial charge on any atom is 0.353 e. The lowest BCUT2D eigenvalue weighted by molar-refractivity contribution is 0.0989. The van der Waals surface area contributed by atoms with Crippen LogP contribution < -0.4 is 11.1 Å². The Kier molecular flexibility index (Phi) is 1.90. The number of aromatic amines is 2. The standard InChI is InChI=1S/C4H2N4O4/c9-2(8-12)1-5-3(10)4(11)7-6-1/h(H,7,11)(H,5,6,10). The van der Waals surface area contributed by atoms with Crippen molar-refractivity contribution in [3.63, 3.8) is 0 Å². The molecule has 8 nitrogen and oxygen atoms in total. The summed E-state index contributed by atoms with van der Waals surface area (Å²) in [5.74, 6) is -1.84. The van der Waals surface area contributed by atoms with E-state index < -0.39 is 22.9 Å². The van der Waals surface area contributed by atoms with Crippen LogP contribution in [0.2, 0.25) is 0 Å². The number of hydrogen-bond acceptors (Lipinski definition) is 5. The minimum Gasteiger partial charge on any atom is -0.296 e. The minimum atomic E-state index is -1.25. The van der Waals surface area contributed by atoms with Gasteiger partial charge in [-0.3, -0.25) is 19.4 Å². The molecule has 0 saturated carbocycles. The number of aromatic nitrogens is 3. The summed E-state index contributed by atoms with van der Waals surface area (Å²) in [7, 11) is 0. The van der Waals surface area contributed by atoms with Crippen molar-refractivity contribution in [2.45, 2.75) is 0 Å². The van der Waals surface area contributed by atoms with Gasteiger partial charge in [-0.2, -0.15) is 0 Å². The van der Waals surface area contributed by atoms with Gasteiger partial charge in [-0.1, -0.05) is 0 Å². The number of amides is 1. The number of hydrogen-bond donors (Lipinski definition) is 2. The molecule has 0 saturated heterocycles. The fraction of sp³-hybridized carbons (Fsp3) is 0. The van der Waals surface area contributed by atoms with Crippen molar-refractivity contribution in [3.05, 3.63) is 31.4 Å². The lowest BCUT2D eigenvalue weighted by Gasteiger charge is -1.87. The Morgan fingerprint density at radius 3 is 2.50 bits per heavy atom. The summed E-state index contributed by atoms with van der Waals surface area (Å²) in [5.41, 5.74) is -2.06. The molecule has 0 radical (unpaired) electrons. The van der Waals surface area contributed by atoms with Crippen molar-refractivity contribution >= 4 is 5.91 Å². The molecule has 0 unspecified atom stereocenters. The van der Waals surface area contributed by atoms with Gasteiger partial charge < -0.3 is 0 Å². The summed E-state index contributed by atoms with van der Waals surface area (Å²) in [6, 6.07) is 0. The molecule has 1 heterocycles. The average molecular weight is 170 g/mol. The summed E-state index contributed by atoms with van der Waals surface area (Å²) < 4.78 is 0. The minimum absolute atomic E-state index is 0.588. The van der Waals surface area contributed by atoms with Gasteiger partial charge in [-0.25, -0.2) is 5.10 Å². The Hall–Kier alpha value is -2.12. The second kappa shape index (κ2) is 2.86. The zero-order valence-corrected chi connectivity index (χ0v) is 5.53. The molecular formula is C4H2N4O4. The Bertz CT molecular complexity index is 429. The van der Waals surface area contributed by atoms with Crippen LogP contribution in [0.3, 0.4) is 0 Å². The van der Waals surface area contributed by atoms with Crippen molar-refractivity contribution < 1.29 is 4.79 Å². The largest absolute Gasteiger partial charge is 0.353 e. The number of carbonyl (C=O) groups is 1. The van der Waals surface area contributed by atoms with Crippen LogP contribution >= 0.6 is 0 Å². The lowest BCUT2D eigenvalue weighted by Crippen LogP contribution is -2.32. The van der Waals surface area contributed by atoms with E-state index in [2.05, 4.69) is 5.10 Å². The van der Waals surface area contributed by atoms with Gasteiger partial charge in [0.15, 0.2) is 0 Å². The van der Waals surface area contributed by atoms with E-state index in [0.717, 1.165) is 0 Å². The van der Waals surface area contributed by atoms with Crippen LogP contribution in [0.25, 0.3) is 0 Å². The second-order valence-electron chi connectivity index (χ2n) is 1.75. The zero-order valence-electron chi connectivity index (χ0n) is 5.53. The monoisotopic (exact) mass is 170 g/mol. The molecule has 12 heavy (non-hydrogen) atoms. The first-order valence-corrected chi connectivity index (χ1v) is 2.72. The number of rotatable bonds is 1. The molecule has 0 aliphatic rings. The van der Waals surface area contributed by atoms with Crippen LogP contribution in [0.15, 0.2) is 14.8 Å². The smallest absolute Gasteiger partial charge is 0.296 e. The van der Waals surface area contributed by atoms with Gasteiger partial charge >= 0.3 is 17.0 Å². The third-order valence-corrected chi connectivity index (χ3v) is 0.993. The molecule has 62 valence electrons. The van der Waals surface area contributed by atoms with E-state index in [0.29, 0.717) is 0 Å². The highest BCUT2D eigenvalue weighted by Gasteiger charge is 2.08. The predicted molar refractivity (Wildman–Crippen MR) is 35.6 cm³/mol. The van der Waals surface area contributed by atoms with E-state index in [4.69, 9.17) is 0 Å². The van der Waals surface area contributed by atoms with Gasteiger partial charge in [0.05, 0.1) is 0 Å². The Balaban J connectivity index is 3.31. The van der Waals surface area contributed by atoms with Crippen molar-refractivity contribution in [1.29, 1.82) is 0 Å². The Labute approximate surface area is 63.6 Å². The summed E-state index contributed by atoms with van der Waals surface area (Å²) in [6.45, 7) is 0. The van der Waals surface area contributed by atoms with Crippen LogP contribution in [-0.2, 0) is 0 Å². The molecule has 1 aromatic rings. The number of carbonyl (C=O) groups excluding carboxylic acids is 1. The van der Waals surface area contributed by atoms with Gasteiger partial charge in [0.25, 0.3) is 0 Å². The van der Waals surface area contributed by atoms with Crippen molar-refractivity contribution in [1.82, 2.24) is 15.2 Å². The van der Waals surface area contributed by atoms with E-state index in [9.17, 15) is 19.3 Å². The molecule has 1 aromatic heterocycles. The van der Waals surface area contributed by atoms with Crippen LogP contribution in [0.1, 0.15) is 10.6 Å². The van der Waals surface area contributed by atoms with Crippen molar-refractivity contribution in [2.75, 3.05) is 0 Å². The van der Waals surface area contributed by atoms with E-state index in [1.807, 2.05) is 5.18 Å². The highest BCUT2D eigenvalue weighted by atomic mass is 16.3. The Morgan fingerprint density at radius 2 is 2.00 bits per heavy atom. The number of nitrogens with zero attached hydrogens (tertiary/aromatic N) is 2. The van der Waals surface area contributed by atoms with Crippen LogP contribution in [0, 0.1) is 4.91 Å². The molecule has 2 N–H and O–H groups in total.